The van der Waals surface area contributed by atoms with E-state index >= 15 is 0 Å². The quantitative estimate of drug-likeness (QED) is 0.359. The molecule has 2 N–H and O–H groups in total. The van der Waals surface area contributed by atoms with Crippen molar-refractivity contribution in [2.45, 2.75) is 30.7 Å². The van der Waals surface area contributed by atoms with Crippen LogP contribution in [0.1, 0.15) is 34.3 Å². The number of para-hydroxylation sites is 1. The summed E-state index contributed by atoms with van der Waals surface area (Å²) in [6, 6.07) is 14.7. The molecule has 8 nitrogen and oxygen atoms in total. The van der Waals surface area contributed by atoms with Gasteiger partial charge in [0.25, 0.3) is 5.91 Å². The van der Waals surface area contributed by atoms with Crippen molar-refractivity contribution in [2.75, 3.05) is 36.1 Å². The number of benzene rings is 3. The van der Waals surface area contributed by atoms with E-state index in [-0.39, 0.29) is 27.9 Å². The summed E-state index contributed by atoms with van der Waals surface area (Å²) in [6.07, 6.45) is 1.59. The number of nitrogens with zero attached hydrogens (tertiary/aromatic N) is 2. The van der Waals surface area contributed by atoms with Crippen LogP contribution in [0.3, 0.4) is 0 Å². The van der Waals surface area contributed by atoms with E-state index in [1.807, 2.05) is 12.1 Å². The Balaban J connectivity index is 1.18. The molecule has 1 saturated heterocycles. The van der Waals surface area contributed by atoms with E-state index in [1.165, 1.54) is 0 Å². The van der Waals surface area contributed by atoms with Crippen LogP contribution in [0, 0.1) is 0 Å². The second-order valence-corrected chi connectivity index (χ2v) is 11.7. The molecule has 0 aromatic heterocycles. The summed E-state index contributed by atoms with van der Waals surface area (Å²) < 4.78 is 5.38. The van der Waals surface area contributed by atoms with Crippen molar-refractivity contribution in [1.82, 2.24) is 5.32 Å². The summed E-state index contributed by atoms with van der Waals surface area (Å²) in [6.45, 7) is 2.50. The number of fused-ring (bicyclic) bond motifs is 2. The number of morpholine rings is 1. The summed E-state index contributed by atoms with van der Waals surface area (Å²) in [5.74, 6) is -1.88. The van der Waals surface area contributed by atoms with Gasteiger partial charge in [0.15, 0.2) is 0 Å². The highest BCUT2D eigenvalue weighted by atomic mass is 35.5. The molecule has 2 aliphatic heterocycles. The van der Waals surface area contributed by atoms with Crippen LogP contribution in [0.4, 0.5) is 17.1 Å². The number of rotatable bonds is 7. The van der Waals surface area contributed by atoms with Crippen LogP contribution in [-0.2, 0) is 26.2 Å². The van der Waals surface area contributed by atoms with Crippen molar-refractivity contribution >= 4 is 69.6 Å². The largest absolute Gasteiger partial charge is 0.480 e. The standard InChI is InChI=1S/C30H26Cl3N3O5/c31-21-3-1-2-20-26(21)36(29(40)30(20)8-9-30)18-6-4-17(5-7-18)14-24(28(38)39)34-27(37)25-22(32)15-19(16-23(25)33)35-10-12-41-13-11-35/h1-7,15-16,24H,8-14H2,(H,34,37)(H,38,39). The highest BCUT2D eigenvalue weighted by Crippen LogP contribution is 2.60. The Bertz CT molecular complexity index is 1530. The monoisotopic (exact) mass is 613 g/mol. The molecule has 3 aliphatic rings. The lowest BCUT2D eigenvalue weighted by Gasteiger charge is -2.29. The number of halogens is 3. The Hall–Kier alpha value is -3.30. The molecule has 2 fully saturated rings. The van der Waals surface area contributed by atoms with Crippen LogP contribution in [-0.4, -0.2) is 55.2 Å². The fraction of sp³-hybridized carbons (Fsp3) is 0.300. The van der Waals surface area contributed by atoms with E-state index in [2.05, 4.69) is 10.2 Å². The number of carbonyl (C=O) groups excluding carboxylic acids is 2. The molecule has 1 saturated carbocycles. The minimum atomic E-state index is -1.24. The SMILES string of the molecule is O=C(NC(Cc1ccc(N2C(=O)C3(CC3)c3cccc(Cl)c32)cc1)C(=O)O)c1c(Cl)cc(N2CCOCC2)cc1Cl. The first-order chi connectivity index (χ1) is 19.7. The number of carbonyl (C=O) groups is 3. The van der Waals surface area contributed by atoms with E-state index < -0.39 is 23.3 Å². The number of hydrogen-bond donors (Lipinski definition) is 2. The number of amides is 2. The van der Waals surface area contributed by atoms with Crippen molar-refractivity contribution in [3.8, 4) is 0 Å². The van der Waals surface area contributed by atoms with Crippen LogP contribution >= 0.6 is 34.8 Å². The minimum Gasteiger partial charge on any atom is -0.480 e. The predicted octanol–water partition coefficient (Wildman–Crippen LogP) is 5.62. The molecule has 212 valence electrons. The smallest absolute Gasteiger partial charge is 0.326 e. The molecule has 2 amide bonds. The summed E-state index contributed by atoms with van der Waals surface area (Å²) in [5.41, 5.74) is 3.24. The van der Waals surface area contributed by atoms with E-state index in [9.17, 15) is 19.5 Å². The second kappa shape index (κ2) is 10.8. The predicted molar refractivity (Wildman–Crippen MR) is 158 cm³/mol. The zero-order valence-electron chi connectivity index (χ0n) is 21.8. The van der Waals surface area contributed by atoms with Gasteiger partial charge in [0, 0.05) is 30.9 Å². The van der Waals surface area contributed by atoms with Gasteiger partial charge in [-0.1, -0.05) is 59.1 Å². The van der Waals surface area contributed by atoms with Gasteiger partial charge in [0.2, 0.25) is 5.91 Å². The third kappa shape index (κ3) is 5.03. The van der Waals surface area contributed by atoms with E-state index in [4.69, 9.17) is 39.5 Å². The van der Waals surface area contributed by atoms with Gasteiger partial charge in [-0.15, -0.1) is 0 Å². The highest BCUT2D eigenvalue weighted by molar-refractivity contribution is 6.40. The van der Waals surface area contributed by atoms with Gasteiger partial charge in [-0.25, -0.2) is 4.79 Å². The van der Waals surface area contributed by atoms with Crippen molar-refractivity contribution < 1.29 is 24.2 Å². The molecule has 1 atom stereocenters. The van der Waals surface area contributed by atoms with E-state index in [1.54, 1.807) is 47.4 Å². The molecule has 41 heavy (non-hydrogen) atoms. The van der Waals surface area contributed by atoms with Crippen LogP contribution in [0.2, 0.25) is 15.1 Å². The molecule has 0 radical (unpaired) electrons. The highest BCUT2D eigenvalue weighted by Gasteiger charge is 2.60. The van der Waals surface area contributed by atoms with Gasteiger partial charge in [-0.2, -0.15) is 0 Å². The van der Waals surface area contributed by atoms with Crippen LogP contribution in [0.15, 0.2) is 54.6 Å². The molecule has 3 aromatic rings. The van der Waals surface area contributed by atoms with Crippen LogP contribution in [0.25, 0.3) is 0 Å². The van der Waals surface area contributed by atoms with Crippen molar-refractivity contribution in [1.29, 1.82) is 0 Å². The molecule has 6 rings (SSSR count). The third-order valence-corrected chi connectivity index (χ3v) is 8.86. The molecule has 11 heteroatoms. The van der Waals surface area contributed by atoms with Crippen LogP contribution < -0.4 is 15.1 Å². The van der Waals surface area contributed by atoms with E-state index in [0.717, 1.165) is 24.1 Å². The van der Waals surface area contributed by atoms with Crippen LogP contribution in [0.5, 0.6) is 0 Å². The lowest BCUT2D eigenvalue weighted by atomic mass is 9.98. The Morgan fingerprint density at radius 3 is 2.22 bits per heavy atom. The second-order valence-electron chi connectivity index (χ2n) is 10.5. The molecule has 2 heterocycles. The number of anilines is 3. The van der Waals surface area contributed by atoms with Gasteiger partial charge in [-0.3, -0.25) is 14.5 Å². The van der Waals surface area contributed by atoms with Crippen molar-refractivity contribution in [3.63, 3.8) is 0 Å². The zero-order chi connectivity index (χ0) is 28.9. The molecular weight excluding hydrogens is 589 g/mol. The van der Waals surface area contributed by atoms with Gasteiger partial charge in [0.05, 0.1) is 44.9 Å². The minimum absolute atomic E-state index is 0.00239. The number of ether oxygens (including phenoxy) is 1. The summed E-state index contributed by atoms with van der Waals surface area (Å²) in [7, 11) is 0. The summed E-state index contributed by atoms with van der Waals surface area (Å²) in [5, 5.41) is 13.2. The maximum atomic E-state index is 13.4. The maximum Gasteiger partial charge on any atom is 0.326 e. The summed E-state index contributed by atoms with van der Waals surface area (Å²) >= 11 is 19.4. The van der Waals surface area contributed by atoms with Gasteiger partial charge in [-0.05, 0) is 54.3 Å². The number of carboxylic acids is 1. The number of hydrogen-bond acceptors (Lipinski definition) is 5. The normalized spacial score (nSPS) is 17.9. The fourth-order valence-corrected chi connectivity index (χ4v) is 6.55. The lowest BCUT2D eigenvalue weighted by molar-refractivity contribution is -0.139. The Labute approximate surface area is 251 Å². The molecule has 3 aromatic carbocycles. The van der Waals surface area contributed by atoms with Crippen molar-refractivity contribution in [2.24, 2.45) is 0 Å². The fourth-order valence-electron chi connectivity index (χ4n) is 5.64. The molecule has 1 spiro atoms. The van der Waals surface area contributed by atoms with Gasteiger partial charge < -0.3 is 20.1 Å². The van der Waals surface area contributed by atoms with Gasteiger partial charge >= 0.3 is 5.97 Å². The average Bonchev–Trinajstić information content (AvgIpc) is 3.72. The first kappa shape index (κ1) is 27.8. The number of carboxylic acid groups (broad SMARTS) is 1. The van der Waals surface area contributed by atoms with E-state index in [0.29, 0.717) is 48.3 Å². The number of nitrogens with one attached hydrogen (secondary N) is 1. The Kier molecular flexibility index (Phi) is 7.36. The van der Waals surface area contributed by atoms with Crippen molar-refractivity contribution in [3.05, 3.63) is 86.4 Å². The topological polar surface area (TPSA) is 99.2 Å². The maximum absolute atomic E-state index is 13.4. The van der Waals surface area contributed by atoms with Gasteiger partial charge in [0.1, 0.15) is 6.04 Å². The molecule has 1 unspecified atom stereocenters. The molecule has 1 aliphatic carbocycles. The Morgan fingerprint density at radius 1 is 0.951 bits per heavy atom. The zero-order valence-corrected chi connectivity index (χ0v) is 24.1. The third-order valence-electron chi connectivity index (χ3n) is 7.96. The molecular formula is C30H26Cl3N3O5. The summed E-state index contributed by atoms with van der Waals surface area (Å²) in [4.78, 5) is 42.3. The number of aliphatic carboxylic acids is 1. The lowest BCUT2D eigenvalue weighted by Crippen LogP contribution is -2.42. The first-order valence-electron chi connectivity index (χ1n) is 13.3. The average molecular weight is 615 g/mol. The molecule has 0 bridgehead atoms. The Morgan fingerprint density at radius 2 is 1.61 bits per heavy atom. The first-order valence-corrected chi connectivity index (χ1v) is 14.4.